The van der Waals surface area contributed by atoms with Crippen molar-refractivity contribution in [1.29, 1.82) is 0 Å². The Bertz CT molecular complexity index is 996. The van der Waals surface area contributed by atoms with Crippen LogP contribution in [0.3, 0.4) is 0 Å². The highest BCUT2D eigenvalue weighted by atomic mass is 19.2. The van der Waals surface area contributed by atoms with Crippen LogP contribution in [0.4, 0.5) is 13.2 Å². The lowest BCUT2D eigenvalue weighted by Gasteiger charge is -2.23. The van der Waals surface area contributed by atoms with Gasteiger partial charge in [-0.2, -0.15) is 0 Å². The number of rotatable bonds is 19. The van der Waals surface area contributed by atoms with Gasteiger partial charge in [-0.1, -0.05) is 105 Å². The second-order valence-electron chi connectivity index (χ2n) is 10.9. The molecule has 3 heteroatoms. The predicted molar refractivity (Wildman–Crippen MR) is 163 cm³/mol. The number of hydrogen-bond acceptors (Lipinski definition) is 0. The molecular formula is C35H49F3. The van der Waals surface area contributed by atoms with Crippen LogP contribution in [-0.4, -0.2) is 0 Å². The van der Waals surface area contributed by atoms with E-state index in [0.29, 0.717) is 40.9 Å². The molecule has 0 aromatic carbocycles. The fourth-order valence-electron chi connectivity index (χ4n) is 3.65. The maximum Gasteiger partial charge on any atom is 0.166 e. The minimum absolute atomic E-state index is 0.00315. The Morgan fingerprint density at radius 1 is 0.684 bits per heavy atom. The molecule has 0 bridgehead atoms. The average Bonchev–Trinajstić information content (AvgIpc) is 2.89. The zero-order valence-electron chi connectivity index (χ0n) is 24.4. The van der Waals surface area contributed by atoms with Gasteiger partial charge in [0.15, 0.2) is 11.7 Å². The second kappa shape index (κ2) is 17.7. The summed E-state index contributed by atoms with van der Waals surface area (Å²) in [6.45, 7) is 37.2. The first-order chi connectivity index (χ1) is 17.6. The van der Waals surface area contributed by atoms with Crippen molar-refractivity contribution in [3.63, 3.8) is 0 Å². The van der Waals surface area contributed by atoms with E-state index in [2.05, 4.69) is 73.7 Å². The zero-order valence-corrected chi connectivity index (χ0v) is 24.4. The summed E-state index contributed by atoms with van der Waals surface area (Å²) in [6.07, 6.45) is 10.9. The van der Waals surface area contributed by atoms with Gasteiger partial charge in [0.25, 0.3) is 0 Å². The Labute approximate surface area is 231 Å². The van der Waals surface area contributed by atoms with E-state index in [1.165, 1.54) is 31.1 Å². The topological polar surface area (TPSA) is 0 Å². The zero-order chi connectivity index (χ0) is 29.6. The van der Waals surface area contributed by atoms with Gasteiger partial charge in [-0.3, -0.25) is 0 Å². The van der Waals surface area contributed by atoms with Gasteiger partial charge in [-0.05, 0) is 83.3 Å². The van der Waals surface area contributed by atoms with Crippen LogP contribution >= 0.6 is 0 Å². The Morgan fingerprint density at radius 3 is 1.74 bits per heavy atom. The second-order valence-corrected chi connectivity index (χ2v) is 10.9. The van der Waals surface area contributed by atoms with Crippen LogP contribution in [0.5, 0.6) is 0 Å². The number of allylic oxidation sites excluding steroid dienone is 13. The summed E-state index contributed by atoms with van der Waals surface area (Å²) >= 11 is 0. The Hall–Kier alpha value is -2.81. The van der Waals surface area contributed by atoms with E-state index in [1.54, 1.807) is 6.08 Å². The molecule has 0 saturated heterocycles. The molecule has 3 unspecified atom stereocenters. The van der Waals surface area contributed by atoms with Crippen LogP contribution < -0.4 is 0 Å². The van der Waals surface area contributed by atoms with Crippen LogP contribution in [-0.2, 0) is 0 Å². The SMILES string of the molecule is C=CCCC(=C)/C(F)=C(/F)C(=C)C(=C)/C=C\C(=C)C(=C)/C=C(/F)C(=C)C(C)CCC(C)C(C)CCC(C)C. The van der Waals surface area contributed by atoms with Crippen molar-refractivity contribution in [2.75, 3.05) is 0 Å². The predicted octanol–water partition coefficient (Wildman–Crippen LogP) is 12.0. The Balaban J connectivity index is 5.07. The highest BCUT2D eigenvalue weighted by Gasteiger charge is 2.18. The first kappa shape index (κ1) is 35.2. The Kier molecular flexibility index (Phi) is 16.3. The molecule has 0 amide bonds. The van der Waals surface area contributed by atoms with Gasteiger partial charge in [0.1, 0.15) is 5.83 Å². The van der Waals surface area contributed by atoms with Crippen molar-refractivity contribution < 1.29 is 13.2 Å². The maximum absolute atomic E-state index is 14.9. The van der Waals surface area contributed by atoms with Crippen molar-refractivity contribution in [1.82, 2.24) is 0 Å². The molecule has 0 aliphatic heterocycles. The van der Waals surface area contributed by atoms with Crippen LogP contribution in [0.15, 0.2) is 121 Å². The van der Waals surface area contributed by atoms with Crippen LogP contribution in [0.25, 0.3) is 0 Å². The van der Waals surface area contributed by atoms with E-state index in [0.717, 1.165) is 12.8 Å². The molecule has 0 heterocycles. The van der Waals surface area contributed by atoms with Gasteiger partial charge < -0.3 is 0 Å². The molecule has 3 atom stereocenters. The first-order valence-electron chi connectivity index (χ1n) is 13.5. The summed E-state index contributed by atoms with van der Waals surface area (Å²) in [5, 5.41) is 0. The molecule has 0 radical (unpaired) electrons. The van der Waals surface area contributed by atoms with E-state index in [-0.39, 0.29) is 29.1 Å². The molecule has 210 valence electrons. The molecule has 0 rings (SSSR count). The smallest absolute Gasteiger partial charge is 0.166 e. The van der Waals surface area contributed by atoms with Crippen molar-refractivity contribution in [3.8, 4) is 0 Å². The summed E-state index contributed by atoms with van der Waals surface area (Å²) in [7, 11) is 0. The third kappa shape index (κ3) is 12.6. The lowest BCUT2D eigenvalue weighted by atomic mass is 9.83. The fraction of sp³-hybridized carbons (Fsp3) is 0.429. The normalized spacial score (nSPS) is 15.0. The van der Waals surface area contributed by atoms with E-state index >= 15 is 0 Å². The van der Waals surface area contributed by atoms with Gasteiger partial charge in [0.2, 0.25) is 0 Å². The van der Waals surface area contributed by atoms with Crippen LogP contribution in [0, 0.1) is 23.7 Å². The summed E-state index contributed by atoms with van der Waals surface area (Å²) in [6, 6.07) is 0. The molecular weight excluding hydrogens is 477 g/mol. The monoisotopic (exact) mass is 526 g/mol. The first-order valence-corrected chi connectivity index (χ1v) is 13.5. The average molecular weight is 527 g/mol. The highest BCUT2D eigenvalue weighted by molar-refractivity contribution is 5.53. The van der Waals surface area contributed by atoms with Gasteiger partial charge in [-0.15, -0.1) is 6.58 Å². The van der Waals surface area contributed by atoms with E-state index in [4.69, 9.17) is 0 Å². The summed E-state index contributed by atoms with van der Waals surface area (Å²) in [5.74, 6) is -0.695. The van der Waals surface area contributed by atoms with Crippen molar-refractivity contribution in [2.24, 2.45) is 23.7 Å². The molecule has 0 aliphatic rings. The van der Waals surface area contributed by atoms with Crippen LogP contribution in [0.1, 0.15) is 73.1 Å². The third-order valence-electron chi connectivity index (χ3n) is 7.13. The molecule has 38 heavy (non-hydrogen) atoms. The summed E-state index contributed by atoms with van der Waals surface area (Å²) in [5.41, 5.74) is 1.17. The minimum Gasteiger partial charge on any atom is -0.207 e. The van der Waals surface area contributed by atoms with E-state index in [9.17, 15) is 13.2 Å². The van der Waals surface area contributed by atoms with E-state index < -0.39 is 17.5 Å². The lowest BCUT2D eigenvalue weighted by molar-refractivity contribution is 0.305. The largest absolute Gasteiger partial charge is 0.207 e. The molecule has 0 aromatic rings. The third-order valence-corrected chi connectivity index (χ3v) is 7.13. The van der Waals surface area contributed by atoms with Crippen molar-refractivity contribution >= 4 is 0 Å². The van der Waals surface area contributed by atoms with Gasteiger partial charge in [-0.25, -0.2) is 13.2 Å². The number of halogens is 3. The fourth-order valence-corrected chi connectivity index (χ4v) is 3.65. The molecule has 0 saturated carbocycles. The van der Waals surface area contributed by atoms with Crippen molar-refractivity contribution in [3.05, 3.63) is 121 Å². The quantitative estimate of drug-likeness (QED) is 0.116. The maximum atomic E-state index is 14.9. The Morgan fingerprint density at radius 2 is 1.21 bits per heavy atom. The summed E-state index contributed by atoms with van der Waals surface area (Å²) in [4.78, 5) is 0. The summed E-state index contributed by atoms with van der Waals surface area (Å²) < 4.78 is 43.7. The molecule has 0 N–H and O–H groups in total. The standard InChI is InChI=1S/C35H49F3/c1-13-14-15-29(9)34(37)35(38)32(12)28(8)21-19-26(6)30(10)22-33(36)31(11)27(7)20-18-25(5)24(4)17-16-23(2)3/h13,19,21-25,27H,1,6,8-12,14-18,20H2,2-5,7H3/b21-19-,33-22+,35-34-. The van der Waals surface area contributed by atoms with Gasteiger partial charge in [0, 0.05) is 5.57 Å². The highest BCUT2D eigenvalue weighted by Crippen LogP contribution is 2.31. The molecule has 0 nitrogen and oxygen atoms in total. The number of hydrogen-bond donors (Lipinski definition) is 0. The van der Waals surface area contributed by atoms with E-state index in [1.807, 2.05) is 6.92 Å². The minimum atomic E-state index is -1.11. The van der Waals surface area contributed by atoms with Crippen molar-refractivity contribution in [2.45, 2.75) is 73.1 Å². The molecule has 0 fully saturated rings. The van der Waals surface area contributed by atoms with Gasteiger partial charge in [0.05, 0.1) is 0 Å². The molecule has 0 spiro atoms. The molecule has 0 aromatic heterocycles. The molecule has 0 aliphatic carbocycles. The van der Waals surface area contributed by atoms with Crippen LogP contribution in [0.2, 0.25) is 0 Å². The van der Waals surface area contributed by atoms with Gasteiger partial charge >= 0.3 is 0 Å². The lowest BCUT2D eigenvalue weighted by Crippen LogP contribution is -2.11.